The van der Waals surface area contributed by atoms with Gasteiger partial charge in [-0.25, -0.2) is 0 Å². The Hall–Kier alpha value is -8.60. The lowest BCUT2D eigenvalue weighted by molar-refractivity contribution is 0.835. The first kappa shape index (κ1) is 39.7. The van der Waals surface area contributed by atoms with E-state index in [4.69, 9.17) is 0 Å². The number of fused-ring (bicyclic) bond motifs is 4. The molecule has 11 heterocycles. The summed E-state index contributed by atoms with van der Waals surface area (Å²) < 4.78 is 9.55. The van der Waals surface area contributed by atoms with Crippen LogP contribution in [0, 0.1) is 0 Å². The normalized spacial score (nSPS) is 12.9. The van der Waals surface area contributed by atoms with Gasteiger partial charge in [0, 0.05) is 117 Å². The molecule has 4 nitrogen and oxygen atoms in total. The highest BCUT2D eigenvalue weighted by molar-refractivity contribution is 5.98. The Labute approximate surface area is 396 Å². The van der Waals surface area contributed by atoms with E-state index in [0.29, 0.717) is 0 Å². The lowest BCUT2D eigenvalue weighted by atomic mass is 10.0. The van der Waals surface area contributed by atoms with Crippen molar-refractivity contribution in [2.45, 2.75) is 26.2 Å². The quantitative estimate of drug-likeness (QED) is 0.145. The van der Waals surface area contributed by atoms with E-state index in [1.807, 2.05) is 0 Å². The van der Waals surface area contributed by atoms with Gasteiger partial charge >= 0.3 is 0 Å². The Morgan fingerprint density at radius 1 is 0.221 bits per heavy atom. The van der Waals surface area contributed by atoms with Crippen LogP contribution in [0.5, 0.6) is 0 Å². The molecule has 16 bridgehead atoms. The van der Waals surface area contributed by atoms with Gasteiger partial charge in [-0.05, 0) is 68.8 Å². The van der Waals surface area contributed by atoms with Gasteiger partial charge in [0.05, 0.1) is 0 Å². The summed E-state index contributed by atoms with van der Waals surface area (Å²) in [5, 5.41) is 5.02. The van der Waals surface area contributed by atoms with Gasteiger partial charge in [-0.2, -0.15) is 0 Å². The van der Waals surface area contributed by atoms with Crippen LogP contribution in [0.2, 0.25) is 0 Å². The van der Waals surface area contributed by atoms with E-state index in [-0.39, 0.29) is 0 Å². The van der Waals surface area contributed by atoms with Crippen molar-refractivity contribution >= 4 is 67.9 Å². The maximum Gasteiger partial charge on any atom is 0.0489 e. The lowest BCUT2D eigenvalue weighted by Gasteiger charge is -2.09. The molecule has 0 saturated carbocycles. The molecule has 324 valence electrons. The van der Waals surface area contributed by atoms with Gasteiger partial charge in [0.2, 0.25) is 0 Å². The first-order chi connectivity index (χ1) is 33.6. The summed E-state index contributed by atoms with van der Waals surface area (Å²) in [7, 11) is 0. The Morgan fingerprint density at radius 2 is 0.426 bits per heavy atom. The predicted molar refractivity (Wildman–Crippen MR) is 286 cm³/mol. The van der Waals surface area contributed by atoms with E-state index in [9.17, 15) is 0 Å². The zero-order valence-electron chi connectivity index (χ0n) is 37.7. The first-order valence-electron chi connectivity index (χ1n) is 23.7. The fourth-order valence-corrected chi connectivity index (χ4v) is 10.5. The zero-order chi connectivity index (χ0) is 45.0. The summed E-state index contributed by atoms with van der Waals surface area (Å²) in [6.07, 6.45) is 18.4. The molecule has 0 spiro atoms. The second-order valence-corrected chi connectivity index (χ2v) is 18.4. The van der Waals surface area contributed by atoms with Crippen LogP contribution >= 0.6 is 0 Å². The lowest BCUT2D eigenvalue weighted by Crippen LogP contribution is -1.98. The Balaban J connectivity index is 0.873. The number of rotatable bonds is 0. The summed E-state index contributed by atoms with van der Waals surface area (Å²) in [4.78, 5) is 0. The molecule has 7 aliphatic heterocycles. The predicted octanol–water partition coefficient (Wildman–Crippen LogP) is 15.7. The molecule has 12 aromatic rings. The molecule has 19 rings (SSSR count). The van der Waals surface area contributed by atoms with Gasteiger partial charge < -0.3 is 18.3 Å². The third kappa shape index (κ3) is 7.37. The topological polar surface area (TPSA) is 19.7 Å². The Morgan fingerprint density at radius 3 is 0.647 bits per heavy atom. The second-order valence-electron chi connectivity index (χ2n) is 18.4. The molecule has 7 aliphatic rings. The average Bonchev–Trinajstić information content (AvgIpc) is 4.14. The van der Waals surface area contributed by atoms with Crippen LogP contribution in [0.4, 0.5) is 0 Å². The number of aromatic nitrogens is 4. The molecule has 0 amide bonds. The van der Waals surface area contributed by atoms with Crippen LogP contribution < -0.4 is 0 Å². The highest BCUT2D eigenvalue weighted by Crippen LogP contribution is 2.32. The molecule has 68 heavy (non-hydrogen) atoms. The van der Waals surface area contributed by atoms with Gasteiger partial charge in [-0.1, -0.05) is 194 Å². The monoisotopic (exact) mass is 872 g/mol. The highest BCUT2D eigenvalue weighted by Gasteiger charge is 2.13. The Bertz CT molecular complexity index is 3350. The smallest absolute Gasteiger partial charge is 0.0489 e. The van der Waals surface area contributed by atoms with E-state index in [2.05, 4.69) is 261 Å². The fourth-order valence-electron chi connectivity index (χ4n) is 10.5. The van der Waals surface area contributed by atoms with E-state index in [1.54, 1.807) is 0 Å². The van der Waals surface area contributed by atoms with Crippen LogP contribution in [0.15, 0.2) is 219 Å². The minimum atomic E-state index is 0.794. The maximum absolute atomic E-state index is 2.39. The molecule has 0 radical (unpaired) electrons. The van der Waals surface area contributed by atoms with Crippen molar-refractivity contribution in [2.24, 2.45) is 0 Å². The van der Waals surface area contributed by atoms with Crippen LogP contribution in [0.3, 0.4) is 0 Å². The van der Waals surface area contributed by atoms with Crippen molar-refractivity contribution in [1.82, 2.24) is 18.3 Å². The molecule has 0 unspecified atom stereocenters. The molecule has 0 N–H and O–H groups in total. The van der Waals surface area contributed by atoms with E-state index in [1.165, 1.54) is 110 Å². The first-order valence-corrected chi connectivity index (χ1v) is 23.7. The minimum Gasteiger partial charge on any atom is -0.342 e. The van der Waals surface area contributed by atoms with Gasteiger partial charge in [0.1, 0.15) is 0 Å². The summed E-state index contributed by atoms with van der Waals surface area (Å²) in [5.74, 6) is 0. The molecular formula is C64H48N4. The number of para-hydroxylation sites is 4. The van der Waals surface area contributed by atoms with E-state index in [0.717, 1.165) is 26.2 Å². The largest absolute Gasteiger partial charge is 0.342 e. The molecule has 0 atom stereocenters. The molecule has 8 aromatic carbocycles. The molecule has 0 aliphatic carbocycles. The third-order valence-corrected chi connectivity index (χ3v) is 14.1. The van der Waals surface area contributed by atoms with E-state index < -0.39 is 0 Å². The summed E-state index contributed by atoms with van der Waals surface area (Å²) in [5.41, 5.74) is 19.8. The standard InChI is InChI=1S/C64H48N4/c1-5-13-61-57(9-1)53-33-34-54-42-66(62-14-6-2-10-58(54)62)38-46-19-29-51(30-20-46)52-31-23-48(24-32-52)40-68-44-56(60-12-4-8-16-64(60)68)36-35-55-43-67(63-15-7-3-11-59(55)63)39-47-21-27-50(28-22-47)49-25-17-45(18-26-49)37-65(61)41-53/h1-36,41-44H,37-40H2. The van der Waals surface area contributed by atoms with Crippen molar-refractivity contribution in [3.63, 3.8) is 0 Å². The van der Waals surface area contributed by atoms with Crippen LogP contribution in [-0.2, 0) is 26.2 Å². The SMILES string of the molecule is C1=Cc2cn(c3ccccc23)Cc2ccc(cc2)-c2ccc(cc2)Cn2cc(c3ccccc32)C=Cc2cn(c3ccccc23)Cc2ccc(cc2)-c2ccc(cc2)Cn2cc1c1ccccc12. The van der Waals surface area contributed by atoms with Gasteiger partial charge in [0.15, 0.2) is 0 Å². The molecule has 4 heteroatoms. The van der Waals surface area contributed by atoms with Crippen LogP contribution in [0.1, 0.15) is 44.5 Å². The number of nitrogens with zero attached hydrogens (tertiary/aromatic N) is 4. The van der Waals surface area contributed by atoms with Gasteiger partial charge in [-0.3, -0.25) is 0 Å². The summed E-state index contributed by atoms with van der Waals surface area (Å²) in [6, 6.07) is 71.4. The van der Waals surface area contributed by atoms with Crippen molar-refractivity contribution in [2.75, 3.05) is 0 Å². The summed E-state index contributed by atoms with van der Waals surface area (Å²) in [6.45, 7) is 3.18. The molecular weight excluding hydrogens is 825 g/mol. The van der Waals surface area contributed by atoms with E-state index >= 15 is 0 Å². The van der Waals surface area contributed by atoms with Crippen molar-refractivity contribution in [3.8, 4) is 22.3 Å². The second kappa shape index (κ2) is 16.7. The van der Waals surface area contributed by atoms with Gasteiger partial charge in [-0.15, -0.1) is 0 Å². The minimum absolute atomic E-state index is 0.794. The highest BCUT2D eigenvalue weighted by atomic mass is 15.0. The van der Waals surface area contributed by atoms with Crippen molar-refractivity contribution in [1.29, 1.82) is 0 Å². The Kier molecular flexibility index (Phi) is 9.75. The molecule has 0 fully saturated rings. The van der Waals surface area contributed by atoms with Crippen molar-refractivity contribution < 1.29 is 0 Å². The number of hydrogen-bond donors (Lipinski definition) is 0. The zero-order valence-corrected chi connectivity index (χ0v) is 37.7. The molecule has 0 saturated heterocycles. The molecule has 4 aromatic heterocycles. The third-order valence-electron chi connectivity index (χ3n) is 14.1. The maximum atomic E-state index is 2.39. The van der Waals surface area contributed by atoms with Crippen LogP contribution in [-0.4, -0.2) is 18.3 Å². The average molecular weight is 873 g/mol. The number of benzene rings is 8. The van der Waals surface area contributed by atoms with Gasteiger partial charge in [0.25, 0.3) is 0 Å². The number of hydrogen-bond acceptors (Lipinski definition) is 0. The van der Waals surface area contributed by atoms with Crippen molar-refractivity contribution in [3.05, 3.63) is 263 Å². The summed E-state index contributed by atoms with van der Waals surface area (Å²) >= 11 is 0. The fraction of sp³-hybridized carbons (Fsp3) is 0.0625. The van der Waals surface area contributed by atoms with Crippen LogP contribution in [0.25, 0.3) is 90.2 Å².